The number of methoxy groups -OCH3 is 1. The Morgan fingerprint density at radius 1 is 1.62 bits per heavy atom. The van der Waals surface area contributed by atoms with Crippen molar-refractivity contribution in [3.05, 3.63) is 17.7 Å². The highest BCUT2D eigenvalue weighted by Gasteiger charge is 2.27. The fraction of sp³-hybridized carbons (Fsp3) is 0.333. The fourth-order valence-electron chi connectivity index (χ4n) is 1.05. The molecule has 16 heavy (non-hydrogen) atoms. The zero-order valence-corrected chi connectivity index (χ0v) is 11.0. The van der Waals surface area contributed by atoms with E-state index in [2.05, 4.69) is 6.58 Å². The van der Waals surface area contributed by atoms with Crippen LogP contribution in [0.1, 0.15) is 6.92 Å². The molecule has 0 spiro atoms. The Kier molecular flexibility index (Phi) is 3.70. The summed E-state index contributed by atoms with van der Waals surface area (Å²) in [6, 6.07) is 0. The number of rotatable bonds is 4. The summed E-state index contributed by atoms with van der Waals surface area (Å²) in [4.78, 5) is 0. The van der Waals surface area contributed by atoms with E-state index in [1.165, 1.54) is 19.5 Å². The number of allylic oxidation sites excluding steroid dienone is 1. The van der Waals surface area contributed by atoms with Crippen molar-refractivity contribution in [3.63, 3.8) is 0 Å². The second-order valence-electron chi connectivity index (χ2n) is 3.22. The molecule has 0 atom stereocenters. The molecule has 4 nitrogen and oxygen atoms in total. The van der Waals surface area contributed by atoms with Gasteiger partial charge in [-0.05, 0) is 17.8 Å². The smallest absolute Gasteiger partial charge is 0.277 e. The van der Waals surface area contributed by atoms with Crippen LogP contribution in [0.3, 0.4) is 0 Å². The molecule has 1 aromatic heterocycles. The Morgan fingerprint density at radius 3 is 2.62 bits per heavy atom. The topological polar surface area (TPSA) is 46.6 Å². The first-order valence-corrected chi connectivity index (χ1v) is 6.69. The zero-order valence-electron chi connectivity index (χ0n) is 9.35. The molecule has 0 N–H and O–H groups in total. The van der Waals surface area contributed by atoms with Gasteiger partial charge >= 0.3 is 0 Å². The first-order chi connectivity index (χ1) is 7.32. The summed E-state index contributed by atoms with van der Waals surface area (Å²) in [5.41, 5.74) is 0.746. The van der Waals surface area contributed by atoms with Crippen molar-refractivity contribution in [1.29, 1.82) is 0 Å². The Labute approximate surface area is 101 Å². The maximum absolute atomic E-state index is 12.1. The maximum atomic E-state index is 12.1. The van der Waals surface area contributed by atoms with Crippen LogP contribution in [0.5, 0.6) is 5.75 Å². The van der Waals surface area contributed by atoms with Gasteiger partial charge in [-0.1, -0.05) is 6.58 Å². The van der Waals surface area contributed by atoms with Gasteiger partial charge in [0.25, 0.3) is 10.0 Å². The van der Waals surface area contributed by atoms with Crippen molar-refractivity contribution >= 4 is 34.7 Å². The van der Waals surface area contributed by atoms with E-state index < -0.39 is 10.0 Å². The molecule has 0 saturated carbocycles. The average Bonchev–Trinajstić information content (AvgIpc) is 2.58. The van der Waals surface area contributed by atoms with Gasteiger partial charge in [0.15, 0.2) is 4.21 Å². The van der Waals surface area contributed by atoms with Gasteiger partial charge < -0.3 is 4.74 Å². The summed E-state index contributed by atoms with van der Waals surface area (Å²) >= 11 is 1.03. The number of nitrogens with zero attached hydrogens (tertiary/aromatic N) is 1. The van der Waals surface area contributed by atoms with Gasteiger partial charge in [0.2, 0.25) is 0 Å². The minimum Gasteiger partial charge on any atom is -0.495 e. The van der Waals surface area contributed by atoms with Gasteiger partial charge in [0, 0.05) is 12.7 Å². The largest absolute Gasteiger partial charge is 0.495 e. The minimum atomic E-state index is -3.61. The first-order valence-electron chi connectivity index (χ1n) is 4.37. The third-order valence-electron chi connectivity index (χ3n) is 2.08. The quantitative estimate of drug-likeness (QED) is 0.746. The Bertz CT molecular complexity index is 507. The van der Waals surface area contributed by atoms with Crippen LogP contribution in [0.4, 0.5) is 0 Å². The Morgan fingerprint density at radius 2 is 2.19 bits per heavy atom. The highest BCUT2D eigenvalue weighted by atomic mass is 32.2. The third kappa shape index (κ3) is 2.10. The number of thiophene rings is 1. The van der Waals surface area contributed by atoms with Crippen LogP contribution in [-0.2, 0) is 10.0 Å². The first kappa shape index (κ1) is 13.1. The predicted octanol–water partition coefficient (Wildman–Crippen LogP) is 0.705. The van der Waals surface area contributed by atoms with Gasteiger partial charge in [-0.3, -0.25) is 4.31 Å². The van der Waals surface area contributed by atoms with Crippen LogP contribution in [0.15, 0.2) is 21.9 Å². The molecular formula is C9H12BNO3S2. The van der Waals surface area contributed by atoms with Crippen molar-refractivity contribution in [1.82, 2.24) is 4.31 Å². The van der Waals surface area contributed by atoms with Crippen LogP contribution in [0, 0.1) is 0 Å². The molecule has 0 aromatic carbocycles. The Hall–Kier alpha value is -0.945. The van der Waals surface area contributed by atoms with E-state index in [1.807, 2.05) is 0 Å². The highest BCUT2D eigenvalue weighted by molar-refractivity contribution is 7.91. The zero-order chi connectivity index (χ0) is 12.5. The summed E-state index contributed by atoms with van der Waals surface area (Å²) < 4.78 is 30.4. The molecule has 0 aliphatic rings. The van der Waals surface area contributed by atoms with E-state index in [1.54, 1.807) is 6.92 Å². The molecule has 0 unspecified atom stereocenters. The minimum absolute atomic E-state index is 0.0954. The van der Waals surface area contributed by atoms with E-state index in [4.69, 9.17) is 12.6 Å². The van der Waals surface area contributed by atoms with Gasteiger partial charge in [-0.15, -0.1) is 11.3 Å². The van der Waals surface area contributed by atoms with Crippen molar-refractivity contribution < 1.29 is 13.2 Å². The normalized spacial score (nSPS) is 11.2. The summed E-state index contributed by atoms with van der Waals surface area (Å²) in [6.45, 7) is 5.20. The van der Waals surface area contributed by atoms with Crippen molar-refractivity contribution in [2.45, 2.75) is 11.1 Å². The number of hydrogen-bond acceptors (Lipinski definition) is 4. The molecule has 7 heteroatoms. The molecule has 0 amide bonds. The maximum Gasteiger partial charge on any atom is 0.277 e. The number of hydrogen-bond donors (Lipinski definition) is 0. The average molecular weight is 257 g/mol. The lowest BCUT2D eigenvalue weighted by Gasteiger charge is -2.18. The molecule has 86 valence electrons. The van der Waals surface area contributed by atoms with Crippen molar-refractivity contribution in [2.75, 3.05) is 14.2 Å². The predicted molar refractivity (Wildman–Crippen MR) is 66.0 cm³/mol. The molecule has 0 aliphatic carbocycles. The van der Waals surface area contributed by atoms with E-state index in [-0.39, 0.29) is 9.96 Å². The van der Waals surface area contributed by atoms with E-state index in [0.29, 0.717) is 11.2 Å². The van der Waals surface area contributed by atoms with Crippen molar-refractivity contribution in [3.8, 4) is 5.75 Å². The van der Waals surface area contributed by atoms with Crippen LogP contribution in [0.25, 0.3) is 0 Å². The van der Waals surface area contributed by atoms with Crippen LogP contribution in [0.2, 0.25) is 0 Å². The standard InChI is InChI=1S/C9H12BNO3S2/c1-6(2)11(3)16(12,13)9-8(14-4)7(10)5-15-9/h5H,1H2,2-4H3. The molecule has 1 rings (SSSR count). The monoisotopic (exact) mass is 257 g/mol. The fourth-order valence-corrected chi connectivity index (χ4v) is 3.76. The van der Waals surface area contributed by atoms with Gasteiger partial charge in [-0.2, -0.15) is 0 Å². The summed E-state index contributed by atoms with van der Waals surface area (Å²) in [5.74, 6) is 0.193. The molecule has 0 aliphatic heterocycles. The highest BCUT2D eigenvalue weighted by Crippen LogP contribution is 2.30. The van der Waals surface area contributed by atoms with Gasteiger partial charge in [-0.25, -0.2) is 8.42 Å². The second kappa shape index (κ2) is 4.51. The molecule has 0 saturated heterocycles. The molecule has 1 aromatic rings. The number of ether oxygens (including phenoxy) is 1. The summed E-state index contributed by atoms with van der Waals surface area (Å²) in [5, 5.41) is 1.54. The summed E-state index contributed by atoms with van der Waals surface area (Å²) in [7, 11) is 4.82. The lowest BCUT2D eigenvalue weighted by atomic mass is 10.0. The summed E-state index contributed by atoms with van der Waals surface area (Å²) in [6.07, 6.45) is 0. The van der Waals surface area contributed by atoms with Crippen LogP contribution in [-0.4, -0.2) is 34.7 Å². The van der Waals surface area contributed by atoms with Gasteiger partial charge in [0.05, 0.1) is 7.11 Å². The van der Waals surface area contributed by atoms with Crippen molar-refractivity contribution in [2.24, 2.45) is 0 Å². The van der Waals surface area contributed by atoms with E-state index in [0.717, 1.165) is 15.6 Å². The molecule has 0 bridgehead atoms. The SMILES string of the molecule is [B]c1csc(S(=O)(=O)N(C)C(=C)C)c1OC. The molecule has 1 heterocycles. The Balaban J connectivity index is 3.33. The van der Waals surface area contributed by atoms with Crippen LogP contribution >= 0.6 is 11.3 Å². The number of sulfonamides is 1. The molecular weight excluding hydrogens is 245 g/mol. The molecule has 0 fully saturated rings. The lowest BCUT2D eigenvalue weighted by Crippen LogP contribution is -2.24. The third-order valence-corrected chi connectivity index (χ3v) is 5.46. The lowest BCUT2D eigenvalue weighted by molar-refractivity contribution is 0.408. The van der Waals surface area contributed by atoms with Crippen LogP contribution < -0.4 is 10.2 Å². The van der Waals surface area contributed by atoms with E-state index in [9.17, 15) is 8.42 Å². The van der Waals surface area contributed by atoms with E-state index >= 15 is 0 Å². The van der Waals surface area contributed by atoms with Gasteiger partial charge in [0.1, 0.15) is 13.6 Å². The molecule has 2 radical (unpaired) electrons. The second-order valence-corrected chi connectivity index (χ2v) is 6.26.